The van der Waals surface area contributed by atoms with Crippen molar-refractivity contribution >= 4 is 17.5 Å². The first-order chi connectivity index (χ1) is 19.3. The first kappa shape index (κ1) is 25.5. The molecule has 5 heterocycles. The third kappa shape index (κ3) is 4.85. The van der Waals surface area contributed by atoms with Crippen molar-refractivity contribution in [1.29, 1.82) is 0 Å². The highest BCUT2D eigenvalue weighted by Gasteiger charge is 2.43. The van der Waals surface area contributed by atoms with Crippen molar-refractivity contribution in [2.45, 2.75) is 82.0 Å². The number of piperidine rings is 1. The van der Waals surface area contributed by atoms with Gasteiger partial charge in [0.15, 0.2) is 23.3 Å². The summed E-state index contributed by atoms with van der Waals surface area (Å²) in [4.78, 5) is 11.0. The number of nitrogens with one attached hydrogen (secondary N) is 2. The summed E-state index contributed by atoms with van der Waals surface area (Å²) in [6.45, 7) is 6.46. The van der Waals surface area contributed by atoms with Crippen molar-refractivity contribution in [2.24, 2.45) is 0 Å². The number of tetrazole rings is 1. The van der Waals surface area contributed by atoms with Gasteiger partial charge >= 0.3 is 0 Å². The quantitative estimate of drug-likeness (QED) is 0.425. The number of benzene rings is 1. The molecular weight excluding hydrogens is 520 g/mol. The van der Waals surface area contributed by atoms with Crippen molar-refractivity contribution in [3.05, 3.63) is 35.8 Å². The average Bonchev–Trinajstić information content (AvgIpc) is 3.40. The minimum atomic E-state index is -0.571. The predicted octanol–water partition coefficient (Wildman–Crippen LogP) is 3.95. The molecule has 2 N–H and O–H groups in total. The van der Waals surface area contributed by atoms with Crippen molar-refractivity contribution in [1.82, 2.24) is 35.1 Å². The van der Waals surface area contributed by atoms with Crippen molar-refractivity contribution in [2.75, 3.05) is 30.4 Å². The van der Waals surface area contributed by atoms with E-state index < -0.39 is 11.6 Å². The highest BCUT2D eigenvalue weighted by atomic mass is 19.1. The standard InChI is InChI=1S/C27H33F2N9O2/c1-27(2)11-16(8-17-4-3-7-37(17)27)31-24-20(29)12-30-26(33-24)32-21-10-22(38-25(15-5-6-15)34-35-36-38)23(9-19(21)28)40-18-13-39-14-18/h9-10,12,15-18H,3-8,11,13-14H2,1-2H3,(H2,30,31,32,33). The van der Waals surface area contributed by atoms with E-state index in [1.165, 1.54) is 12.5 Å². The number of anilines is 3. The van der Waals surface area contributed by atoms with Gasteiger partial charge in [0.2, 0.25) is 5.95 Å². The van der Waals surface area contributed by atoms with E-state index in [2.05, 4.69) is 54.9 Å². The Labute approximate surface area is 230 Å². The Morgan fingerprint density at radius 1 is 1.12 bits per heavy atom. The molecule has 212 valence electrons. The average molecular weight is 554 g/mol. The fraction of sp³-hybridized carbons (Fsp3) is 0.593. The molecular formula is C27H33F2N9O2. The molecule has 0 bridgehead atoms. The van der Waals surface area contributed by atoms with Gasteiger partial charge in [-0.15, -0.1) is 5.10 Å². The van der Waals surface area contributed by atoms with Gasteiger partial charge < -0.3 is 20.1 Å². The lowest BCUT2D eigenvalue weighted by Gasteiger charge is -2.47. The lowest BCUT2D eigenvalue weighted by Crippen LogP contribution is -2.55. The first-order valence-electron chi connectivity index (χ1n) is 14.0. The molecule has 3 saturated heterocycles. The van der Waals surface area contributed by atoms with Crippen LogP contribution in [0.2, 0.25) is 0 Å². The number of nitrogens with zero attached hydrogens (tertiary/aromatic N) is 7. The van der Waals surface area contributed by atoms with Crippen LogP contribution in [0.3, 0.4) is 0 Å². The van der Waals surface area contributed by atoms with Crippen LogP contribution in [0.4, 0.5) is 26.2 Å². The molecule has 1 saturated carbocycles. The van der Waals surface area contributed by atoms with E-state index in [1.54, 1.807) is 10.7 Å². The Kier molecular flexibility index (Phi) is 6.30. The van der Waals surface area contributed by atoms with Crippen LogP contribution in [0.15, 0.2) is 18.3 Å². The molecule has 4 fully saturated rings. The minimum Gasteiger partial charge on any atom is -0.483 e. The van der Waals surface area contributed by atoms with E-state index in [1.807, 2.05) is 0 Å². The molecule has 40 heavy (non-hydrogen) atoms. The number of hydrogen-bond acceptors (Lipinski definition) is 10. The molecule has 0 spiro atoms. The maximum absolute atomic E-state index is 15.4. The number of halogens is 2. The zero-order valence-corrected chi connectivity index (χ0v) is 22.6. The summed E-state index contributed by atoms with van der Waals surface area (Å²) >= 11 is 0. The molecule has 3 aliphatic heterocycles. The van der Waals surface area contributed by atoms with Gasteiger partial charge in [0.05, 0.1) is 25.1 Å². The second-order valence-electron chi connectivity index (χ2n) is 11.9. The van der Waals surface area contributed by atoms with Gasteiger partial charge in [0.1, 0.15) is 17.5 Å². The lowest BCUT2D eigenvalue weighted by molar-refractivity contribution is -0.0797. The normalized spacial score (nSPS) is 24.4. The summed E-state index contributed by atoms with van der Waals surface area (Å²) in [5, 5.41) is 18.4. The van der Waals surface area contributed by atoms with Crippen LogP contribution >= 0.6 is 0 Å². The number of aromatic nitrogens is 6. The molecule has 2 aromatic heterocycles. The Morgan fingerprint density at radius 3 is 2.75 bits per heavy atom. The molecule has 2 unspecified atom stereocenters. The lowest BCUT2D eigenvalue weighted by atomic mass is 9.84. The van der Waals surface area contributed by atoms with Gasteiger partial charge in [-0.05, 0) is 75.4 Å². The van der Waals surface area contributed by atoms with Crippen LogP contribution in [-0.4, -0.2) is 78.6 Å². The monoisotopic (exact) mass is 553 g/mol. The van der Waals surface area contributed by atoms with Crippen LogP contribution in [0, 0.1) is 11.6 Å². The van der Waals surface area contributed by atoms with E-state index in [4.69, 9.17) is 9.47 Å². The molecule has 1 aromatic carbocycles. The second kappa shape index (κ2) is 9.88. The summed E-state index contributed by atoms with van der Waals surface area (Å²) in [5.74, 6) is 0.331. The Hall–Kier alpha value is -3.45. The fourth-order valence-corrected chi connectivity index (χ4v) is 6.28. The minimum absolute atomic E-state index is 0.0200. The molecule has 3 aromatic rings. The number of hydrogen-bond donors (Lipinski definition) is 2. The molecule has 4 aliphatic rings. The largest absolute Gasteiger partial charge is 0.483 e. The van der Waals surface area contributed by atoms with Crippen LogP contribution < -0.4 is 15.4 Å². The van der Waals surface area contributed by atoms with Gasteiger partial charge in [-0.2, -0.15) is 9.67 Å². The predicted molar refractivity (Wildman–Crippen MR) is 142 cm³/mol. The fourth-order valence-electron chi connectivity index (χ4n) is 6.28. The SMILES string of the molecule is CC1(C)CC(Nc2nc(Nc3cc(-n4nnnc4C4CC4)c(OC4COC4)cc3F)ncc2F)CC2CCCN21. The first-order valence-corrected chi connectivity index (χ1v) is 14.0. The summed E-state index contributed by atoms with van der Waals surface area (Å²) in [6.07, 6.45) is 7.06. The highest BCUT2D eigenvalue weighted by molar-refractivity contribution is 5.64. The molecule has 11 nitrogen and oxygen atoms in total. The number of rotatable bonds is 8. The Bertz CT molecular complexity index is 1410. The van der Waals surface area contributed by atoms with Gasteiger partial charge in [0, 0.05) is 29.6 Å². The van der Waals surface area contributed by atoms with Crippen molar-refractivity contribution < 1.29 is 18.3 Å². The second-order valence-corrected chi connectivity index (χ2v) is 11.9. The molecule has 13 heteroatoms. The summed E-state index contributed by atoms with van der Waals surface area (Å²) in [5.41, 5.74) is 0.614. The Morgan fingerprint density at radius 2 is 1.98 bits per heavy atom. The molecule has 2 atom stereocenters. The van der Waals surface area contributed by atoms with Crippen molar-refractivity contribution in [3.8, 4) is 11.4 Å². The smallest absolute Gasteiger partial charge is 0.229 e. The van der Waals surface area contributed by atoms with Crippen LogP contribution in [0.5, 0.6) is 5.75 Å². The third-order valence-corrected chi connectivity index (χ3v) is 8.40. The van der Waals surface area contributed by atoms with E-state index in [0.29, 0.717) is 36.5 Å². The maximum atomic E-state index is 15.4. The van der Waals surface area contributed by atoms with Gasteiger partial charge in [-0.25, -0.2) is 13.8 Å². The topological polar surface area (TPSA) is 115 Å². The molecule has 0 radical (unpaired) electrons. The summed E-state index contributed by atoms with van der Waals surface area (Å²) in [6, 6.07) is 3.43. The van der Waals surface area contributed by atoms with Crippen molar-refractivity contribution in [3.63, 3.8) is 0 Å². The summed E-state index contributed by atoms with van der Waals surface area (Å²) in [7, 11) is 0. The number of fused-ring (bicyclic) bond motifs is 1. The zero-order valence-electron chi connectivity index (χ0n) is 22.6. The van der Waals surface area contributed by atoms with Gasteiger partial charge in [0.25, 0.3) is 0 Å². The molecule has 0 amide bonds. The van der Waals surface area contributed by atoms with Crippen LogP contribution in [0.1, 0.15) is 64.1 Å². The van der Waals surface area contributed by atoms with Gasteiger partial charge in [-0.3, -0.25) is 4.90 Å². The molecule has 1 aliphatic carbocycles. The van der Waals surface area contributed by atoms with Crippen LogP contribution in [-0.2, 0) is 4.74 Å². The van der Waals surface area contributed by atoms with E-state index >= 15 is 4.39 Å². The highest BCUT2D eigenvalue weighted by Crippen LogP contribution is 2.41. The maximum Gasteiger partial charge on any atom is 0.229 e. The molecule has 7 rings (SSSR count). The van der Waals surface area contributed by atoms with E-state index in [0.717, 1.165) is 44.8 Å². The number of ether oxygens (including phenoxy) is 2. The zero-order chi connectivity index (χ0) is 27.4. The van der Waals surface area contributed by atoms with Gasteiger partial charge in [-0.1, -0.05) is 0 Å². The summed E-state index contributed by atoms with van der Waals surface area (Å²) < 4.78 is 43.0. The van der Waals surface area contributed by atoms with E-state index in [9.17, 15) is 4.39 Å². The van der Waals surface area contributed by atoms with E-state index in [-0.39, 0.29) is 41.1 Å². The third-order valence-electron chi connectivity index (χ3n) is 8.40. The Balaban J connectivity index is 1.16. The van der Waals surface area contributed by atoms with Crippen LogP contribution in [0.25, 0.3) is 5.69 Å².